The molecule has 0 bridgehead atoms. The van der Waals surface area contributed by atoms with Crippen molar-refractivity contribution in [1.29, 1.82) is 0 Å². The molecule has 3 N–H and O–H groups in total. The molecule has 1 unspecified atom stereocenters. The lowest BCUT2D eigenvalue weighted by Crippen LogP contribution is -2.34. The fraction of sp³-hybridized carbons (Fsp3) is 0.214. The molecule has 0 saturated heterocycles. The van der Waals surface area contributed by atoms with Gasteiger partial charge in [0.1, 0.15) is 5.84 Å². The normalized spacial score (nSPS) is 12.9. The average molecular weight is 246 g/mol. The largest absolute Gasteiger partial charge is 0.394 e. The van der Waals surface area contributed by atoms with E-state index in [1.165, 1.54) is 6.20 Å². The maximum atomic E-state index is 9.33. The van der Waals surface area contributed by atoms with E-state index in [1.54, 1.807) is 6.08 Å². The van der Waals surface area contributed by atoms with Crippen LogP contribution in [0, 0.1) is 0 Å². The van der Waals surface area contributed by atoms with Gasteiger partial charge in [0.15, 0.2) is 0 Å². The summed E-state index contributed by atoms with van der Waals surface area (Å²) in [6.45, 7) is 7.23. The Hall–Kier alpha value is -1.91. The molecule has 1 aromatic rings. The minimum Gasteiger partial charge on any atom is -0.394 e. The number of aliphatic hydroxyl groups excluding tert-OH is 2. The molecule has 1 aromatic carbocycles. The van der Waals surface area contributed by atoms with E-state index < -0.39 is 6.10 Å². The molecule has 0 spiro atoms. The zero-order valence-electron chi connectivity index (χ0n) is 10.2. The number of hydrogen-bond acceptors (Lipinski definition) is 3. The van der Waals surface area contributed by atoms with Crippen molar-refractivity contribution in [2.24, 2.45) is 4.99 Å². The van der Waals surface area contributed by atoms with Crippen molar-refractivity contribution in [1.82, 2.24) is 5.32 Å². The molecule has 0 aliphatic carbocycles. The highest BCUT2D eigenvalue weighted by molar-refractivity contribution is 6.02. The molecule has 0 saturated carbocycles. The number of aliphatic hydroxyl groups is 2. The Balaban J connectivity index is 2.94. The van der Waals surface area contributed by atoms with Crippen LogP contribution in [0.1, 0.15) is 11.1 Å². The summed E-state index contributed by atoms with van der Waals surface area (Å²) in [4.78, 5) is 4.14. The minimum absolute atomic E-state index is 0.217. The van der Waals surface area contributed by atoms with Gasteiger partial charge < -0.3 is 15.5 Å². The lowest BCUT2D eigenvalue weighted by atomic mass is 10.1. The first-order valence-electron chi connectivity index (χ1n) is 5.66. The molecule has 0 aliphatic heterocycles. The number of aliphatic imine (C=N–C) groups is 1. The van der Waals surface area contributed by atoms with Crippen molar-refractivity contribution >= 4 is 11.9 Å². The molecule has 4 heteroatoms. The molecule has 4 nitrogen and oxygen atoms in total. The standard InChI is InChI=1S/C14H18N2O2/c1-3-11-7-5-6-8-13(11)14(15-4-2)16-9-12(18)10-17/h3-8,12,17-18H,1-2,9-10H2,(H,15,16). The van der Waals surface area contributed by atoms with E-state index in [0.29, 0.717) is 5.84 Å². The molecular formula is C14H18N2O2. The van der Waals surface area contributed by atoms with Crippen LogP contribution in [-0.2, 0) is 0 Å². The zero-order chi connectivity index (χ0) is 13.4. The van der Waals surface area contributed by atoms with Gasteiger partial charge in [-0.1, -0.05) is 43.5 Å². The first-order chi connectivity index (χ1) is 8.72. The van der Waals surface area contributed by atoms with Crippen LogP contribution in [0.25, 0.3) is 6.08 Å². The molecule has 0 aromatic heterocycles. The highest BCUT2D eigenvalue weighted by atomic mass is 16.3. The smallest absolute Gasteiger partial charge is 0.133 e. The van der Waals surface area contributed by atoms with Crippen LogP contribution >= 0.6 is 0 Å². The maximum absolute atomic E-state index is 9.33. The lowest BCUT2D eigenvalue weighted by Gasteiger charge is -2.14. The first-order valence-corrected chi connectivity index (χ1v) is 5.66. The van der Waals surface area contributed by atoms with E-state index in [9.17, 15) is 5.11 Å². The van der Waals surface area contributed by atoms with Gasteiger partial charge in [-0.3, -0.25) is 0 Å². The van der Waals surface area contributed by atoms with Gasteiger partial charge in [0.25, 0.3) is 0 Å². The lowest BCUT2D eigenvalue weighted by molar-refractivity contribution is 0.0983. The van der Waals surface area contributed by atoms with Crippen LogP contribution in [-0.4, -0.2) is 35.3 Å². The number of hydrogen-bond donors (Lipinski definition) is 3. The Morgan fingerprint density at radius 1 is 1.39 bits per heavy atom. The molecule has 18 heavy (non-hydrogen) atoms. The second kappa shape index (κ2) is 7.42. The number of rotatable bonds is 6. The molecule has 0 heterocycles. The summed E-state index contributed by atoms with van der Waals surface area (Å²) < 4.78 is 0. The van der Waals surface area contributed by atoms with Crippen molar-refractivity contribution < 1.29 is 10.2 Å². The highest BCUT2D eigenvalue weighted by Gasteiger charge is 2.08. The number of benzene rings is 1. The number of nitrogens with one attached hydrogen (secondary N) is 1. The predicted octanol–water partition coefficient (Wildman–Crippen LogP) is 1.16. The van der Waals surface area contributed by atoms with Crippen molar-refractivity contribution in [3.63, 3.8) is 0 Å². The van der Waals surface area contributed by atoms with Crippen LogP contribution in [0.4, 0.5) is 0 Å². The van der Waals surface area contributed by atoms with Gasteiger partial charge in [0, 0.05) is 18.3 Å². The predicted molar refractivity (Wildman–Crippen MR) is 74.4 cm³/mol. The fourth-order valence-electron chi connectivity index (χ4n) is 1.47. The Morgan fingerprint density at radius 3 is 2.72 bits per heavy atom. The molecule has 1 rings (SSSR count). The van der Waals surface area contributed by atoms with Gasteiger partial charge in [0.05, 0.1) is 12.7 Å². The van der Waals surface area contributed by atoms with Crippen LogP contribution in [0.3, 0.4) is 0 Å². The Bertz CT molecular complexity index is 441. The molecule has 0 amide bonds. The van der Waals surface area contributed by atoms with Crippen LogP contribution < -0.4 is 5.32 Å². The fourth-order valence-corrected chi connectivity index (χ4v) is 1.47. The first kappa shape index (κ1) is 14.2. The molecule has 0 fully saturated rings. The van der Waals surface area contributed by atoms with E-state index >= 15 is 0 Å². The summed E-state index contributed by atoms with van der Waals surface area (Å²) in [5.41, 5.74) is 1.81. The van der Waals surface area contributed by atoms with E-state index in [4.69, 9.17) is 5.11 Å². The summed E-state index contributed by atoms with van der Waals surface area (Å²) in [6, 6.07) is 7.63. The van der Waals surface area contributed by atoms with E-state index in [1.807, 2.05) is 24.3 Å². The van der Waals surface area contributed by atoms with Crippen molar-refractivity contribution in [3.05, 3.63) is 54.8 Å². The molecule has 1 atom stereocenters. The van der Waals surface area contributed by atoms with Crippen LogP contribution in [0.2, 0.25) is 0 Å². The minimum atomic E-state index is -0.823. The highest BCUT2D eigenvalue weighted by Crippen LogP contribution is 2.10. The Kier molecular flexibility index (Phi) is 5.84. The molecular weight excluding hydrogens is 228 g/mol. The van der Waals surface area contributed by atoms with Gasteiger partial charge in [-0.15, -0.1) is 0 Å². The van der Waals surface area contributed by atoms with Gasteiger partial charge in [0.2, 0.25) is 0 Å². The van der Waals surface area contributed by atoms with E-state index in [-0.39, 0.29) is 13.2 Å². The number of nitrogens with zero attached hydrogens (tertiary/aromatic N) is 1. The Morgan fingerprint density at radius 2 is 2.11 bits per heavy atom. The van der Waals surface area contributed by atoms with Gasteiger partial charge in [-0.05, 0) is 5.56 Å². The molecule has 0 aliphatic rings. The second-order valence-electron chi connectivity index (χ2n) is 3.67. The monoisotopic (exact) mass is 246 g/mol. The second-order valence-corrected chi connectivity index (χ2v) is 3.67. The zero-order valence-corrected chi connectivity index (χ0v) is 10.2. The van der Waals surface area contributed by atoms with Crippen molar-refractivity contribution in [3.8, 4) is 0 Å². The Labute approximate surface area is 107 Å². The molecule has 0 radical (unpaired) electrons. The third-order valence-corrected chi connectivity index (χ3v) is 2.37. The summed E-state index contributed by atoms with van der Waals surface area (Å²) in [5.74, 6) is 0.591. The summed E-state index contributed by atoms with van der Waals surface area (Å²) >= 11 is 0. The quantitative estimate of drug-likeness (QED) is 0.521. The van der Waals surface area contributed by atoms with Crippen molar-refractivity contribution in [2.45, 2.75) is 6.10 Å². The summed E-state index contributed by atoms with van der Waals surface area (Å²) in [5, 5.41) is 21.1. The topological polar surface area (TPSA) is 64.9 Å². The van der Waals surface area contributed by atoms with E-state index in [0.717, 1.165) is 11.1 Å². The van der Waals surface area contributed by atoms with E-state index in [2.05, 4.69) is 23.5 Å². The third kappa shape index (κ3) is 3.84. The maximum Gasteiger partial charge on any atom is 0.133 e. The third-order valence-electron chi connectivity index (χ3n) is 2.37. The van der Waals surface area contributed by atoms with Gasteiger partial charge >= 0.3 is 0 Å². The number of amidine groups is 1. The average Bonchev–Trinajstić information content (AvgIpc) is 2.43. The summed E-state index contributed by atoms with van der Waals surface area (Å²) in [7, 11) is 0. The summed E-state index contributed by atoms with van der Waals surface area (Å²) in [6.07, 6.45) is 2.34. The molecule has 96 valence electrons. The van der Waals surface area contributed by atoms with Crippen LogP contribution in [0.5, 0.6) is 0 Å². The van der Waals surface area contributed by atoms with Crippen molar-refractivity contribution in [2.75, 3.05) is 13.2 Å². The van der Waals surface area contributed by atoms with Gasteiger partial charge in [-0.2, -0.15) is 0 Å². The van der Waals surface area contributed by atoms with Gasteiger partial charge in [-0.25, -0.2) is 4.99 Å². The van der Waals surface area contributed by atoms with Crippen LogP contribution in [0.15, 0.2) is 48.6 Å². The SMILES string of the molecule is C=C/N=C(/NCC(O)CO)c1ccccc1C=C.